The van der Waals surface area contributed by atoms with Crippen molar-refractivity contribution < 1.29 is 14.7 Å². The van der Waals surface area contributed by atoms with Gasteiger partial charge < -0.3 is 10.4 Å². The third-order valence-corrected chi connectivity index (χ3v) is 4.04. The van der Waals surface area contributed by atoms with E-state index in [2.05, 4.69) is 10.6 Å². The van der Waals surface area contributed by atoms with Crippen LogP contribution in [-0.2, 0) is 0 Å². The third-order valence-electron chi connectivity index (χ3n) is 3.03. The number of carboxylic acids is 1. The molecule has 0 aromatic heterocycles. The van der Waals surface area contributed by atoms with Crippen LogP contribution in [0.4, 0.5) is 5.69 Å². The van der Waals surface area contributed by atoms with Gasteiger partial charge in [-0.2, -0.15) is 0 Å². The second-order valence-corrected chi connectivity index (χ2v) is 6.10. The summed E-state index contributed by atoms with van der Waals surface area (Å²) >= 11 is 17.0. The van der Waals surface area contributed by atoms with Crippen molar-refractivity contribution in [3.63, 3.8) is 0 Å². The molecule has 0 fully saturated rings. The van der Waals surface area contributed by atoms with Gasteiger partial charge in [0.25, 0.3) is 5.91 Å². The van der Waals surface area contributed by atoms with Gasteiger partial charge in [0.2, 0.25) is 0 Å². The van der Waals surface area contributed by atoms with Crippen molar-refractivity contribution in [2.45, 2.75) is 6.92 Å². The Kier molecular flexibility index (Phi) is 5.77. The molecule has 8 heteroatoms. The molecule has 0 heterocycles. The van der Waals surface area contributed by atoms with Gasteiger partial charge in [-0.25, -0.2) is 4.79 Å². The summed E-state index contributed by atoms with van der Waals surface area (Å²) in [4.78, 5) is 23.2. The maximum Gasteiger partial charge on any atom is 0.335 e. The summed E-state index contributed by atoms with van der Waals surface area (Å²) in [7, 11) is 0. The van der Waals surface area contributed by atoms with E-state index >= 15 is 0 Å². The van der Waals surface area contributed by atoms with Gasteiger partial charge in [0.05, 0.1) is 21.3 Å². The normalized spacial score (nSPS) is 10.1. The zero-order valence-electron chi connectivity index (χ0n) is 12.4. The lowest BCUT2D eigenvalue weighted by Gasteiger charge is -2.12. The minimum absolute atomic E-state index is 0.0259. The fourth-order valence-corrected chi connectivity index (χ4v) is 2.50. The Morgan fingerprint density at radius 2 is 1.83 bits per heavy atom. The van der Waals surface area contributed by atoms with Gasteiger partial charge in [0, 0.05) is 5.56 Å². The molecule has 0 radical (unpaired) electrons. The number of amides is 1. The number of benzene rings is 2. The molecular formula is C16H12Cl2N2O3S. The molecule has 0 spiro atoms. The van der Waals surface area contributed by atoms with Gasteiger partial charge in [-0.3, -0.25) is 10.1 Å². The van der Waals surface area contributed by atoms with Crippen LogP contribution in [0.3, 0.4) is 0 Å². The van der Waals surface area contributed by atoms with E-state index in [1.165, 1.54) is 12.1 Å². The van der Waals surface area contributed by atoms with Crippen LogP contribution in [0.1, 0.15) is 26.3 Å². The molecule has 2 rings (SSSR count). The van der Waals surface area contributed by atoms with Gasteiger partial charge in [-0.1, -0.05) is 40.9 Å². The largest absolute Gasteiger partial charge is 0.478 e. The molecule has 0 saturated heterocycles. The van der Waals surface area contributed by atoms with Gasteiger partial charge >= 0.3 is 5.97 Å². The van der Waals surface area contributed by atoms with Crippen molar-refractivity contribution in [1.82, 2.24) is 5.32 Å². The van der Waals surface area contributed by atoms with Crippen LogP contribution in [0.2, 0.25) is 10.0 Å². The lowest BCUT2D eigenvalue weighted by Crippen LogP contribution is -2.34. The number of hydrogen-bond acceptors (Lipinski definition) is 3. The van der Waals surface area contributed by atoms with E-state index in [4.69, 9.17) is 40.5 Å². The predicted molar refractivity (Wildman–Crippen MR) is 98.3 cm³/mol. The zero-order chi connectivity index (χ0) is 17.9. The molecule has 2 aromatic carbocycles. The molecule has 0 saturated carbocycles. The monoisotopic (exact) mass is 382 g/mol. The minimum Gasteiger partial charge on any atom is -0.478 e. The fraction of sp³-hybridized carbons (Fsp3) is 0.0625. The Hall–Kier alpha value is -2.15. The molecular weight excluding hydrogens is 371 g/mol. The molecule has 0 aliphatic heterocycles. The number of hydrogen-bond donors (Lipinski definition) is 3. The number of nitrogens with one attached hydrogen (secondary N) is 2. The first-order valence-corrected chi connectivity index (χ1v) is 7.85. The minimum atomic E-state index is -1.16. The summed E-state index contributed by atoms with van der Waals surface area (Å²) in [5, 5.41) is 14.4. The highest BCUT2D eigenvalue weighted by Gasteiger charge is 2.14. The SMILES string of the molecule is Cc1cccc(C(=O)NC(=S)Nc2cc(C(=O)O)cc(Cl)c2Cl)c1. The number of halogens is 2. The molecule has 3 N–H and O–H groups in total. The second kappa shape index (κ2) is 7.61. The summed E-state index contributed by atoms with van der Waals surface area (Å²) in [5.41, 5.74) is 1.52. The Balaban J connectivity index is 2.15. The summed E-state index contributed by atoms with van der Waals surface area (Å²) < 4.78 is 0. The van der Waals surface area contributed by atoms with Crippen LogP contribution in [-0.4, -0.2) is 22.1 Å². The number of carbonyl (C=O) groups excluding carboxylic acids is 1. The number of rotatable bonds is 3. The lowest BCUT2D eigenvalue weighted by atomic mass is 10.1. The van der Waals surface area contributed by atoms with Crippen LogP contribution in [0, 0.1) is 6.92 Å². The molecule has 0 bridgehead atoms. The number of carboxylic acid groups (broad SMARTS) is 1. The Bertz CT molecular complexity index is 840. The van der Waals surface area contributed by atoms with E-state index in [0.717, 1.165) is 5.56 Å². The predicted octanol–water partition coefficient (Wildman–Crippen LogP) is 4.13. The summed E-state index contributed by atoms with van der Waals surface area (Å²) in [6, 6.07) is 9.50. The van der Waals surface area contributed by atoms with Crippen molar-refractivity contribution in [2.24, 2.45) is 0 Å². The van der Waals surface area contributed by atoms with Crippen LogP contribution in [0.5, 0.6) is 0 Å². The molecule has 0 aliphatic rings. The number of aromatic carboxylic acids is 1. The zero-order valence-corrected chi connectivity index (χ0v) is 14.7. The number of anilines is 1. The highest BCUT2D eigenvalue weighted by molar-refractivity contribution is 7.80. The number of aryl methyl sites for hydroxylation is 1. The molecule has 0 unspecified atom stereocenters. The second-order valence-electron chi connectivity index (χ2n) is 4.90. The average Bonchev–Trinajstić information content (AvgIpc) is 2.51. The molecule has 0 atom stereocenters. The van der Waals surface area contributed by atoms with E-state index in [9.17, 15) is 9.59 Å². The maximum absolute atomic E-state index is 12.1. The Morgan fingerprint density at radius 1 is 1.12 bits per heavy atom. The molecule has 124 valence electrons. The van der Waals surface area contributed by atoms with Crippen LogP contribution >= 0.6 is 35.4 Å². The number of carbonyl (C=O) groups is 2. The topological polar surface area (TPSA) is 78.4 Å². The Morgan fingerprint density at radius 3 is 2.46 bits per heavy atom. The van der Waals surface area contributed by atoms with Crippen LogP contribution < -0.4 is 10.6 Å². The highest BCUT2D eigenvalue weighted by atomic mass is 35.5. The van der Waals surface area contributed by atoms with Gasteiger partial charge in [0.1, 0.15) is 0 Å². The molecule has 1 amide bonds. The van der Waals surface area contributed by atoms with Crippen LogP contribution in [0.25, 0.3) is 0 Å². The lowest BCUT2D eigenvalue weighted by molar-refractivity contribution is 0.0696. The van der Waals surface area contributed by atoms with Crippen molar-refractivity contribution in [3.05, 3.63) is 63.1 Å². The van der Waals surface area contributed by atoms with E-state index in [1.807, 2.05) is 13.0 Å². The summed E-state index contributed by atoms with van der Waals surface area (Å²) in [6.45, 7) is 1.87. The Labute approximate surface area is 153 Å². The quantitative estimate of drug-likeness (QED) is 0.695. The van der Waals surface area contributed by atoms with Crippen molar-refractivity contribution in [1.29, 1.82) is 0 Å². The third kappa shape index (κ3) is 4.44. The van der Waals surface area contributed by atoms with Crippen LogP contribution in [0.15, 0.2) is 36.4 Å². The van der Waals surface area contributed by atoms with Crippen molar-refractivity contribution in [3.8, 4) is 0 Å². The molecule has 24 heavy (non-hydrogen) atoms. The van der Waals surface area contributed by atoms with Crippen molar-refractivity contribution in [2.75, 3.05) is 5.32 Å². The number of thiocarbonyl (C=S) groups is 1. The fourth-order valence-electron chi connectivity index (χ4n) is 1.92. The van der Waals surface area contributed by atoms with Crippen molar-refractivity contribution >= 4 is 58.1 Å². The summed E-state index contributed by atoms with van der Waals surface area (Å²) in [5.74, 6) is -1.56. The van der Waals surface area contributed by atoms with E-state index < -0.39 is 11.9 Å². The first-order valence-electron chi connectivity index (χ1n) is 6.69. The highest BCUT2D eigenvalue weighted by Crippen LogP contribution is 2.31. The maximum atomic E-state index is 12.1. The molecule has 2 aromatic rings. The van der Waals surface area contributed by atoms with Gasteiger partial charge in [-0.05, 0) is 43.4 Å². The van der Waals surface area contributed by atoms with E-state index in [0.29, 0.717) is 5.56 Å². The first kappa shape index (κ1) is 18.2. The molecule has 0 aliphatic carbocycles. The van der Waals surface area contributed by atoms with Gasteiger partial charge in [-0.15, -0.1) is 0 Å². The first-order chi connectivity index (χ1) is 11.3. The smallest absolute Gasteiger partial charge is 0.335 e. The van der Waals surface area contributed by atoms with E-state index in [1.54, 1.807) is 18.2 Å². The standard InChI is InChI=1S/C16H12Cl2N2O3S/c1-8-3-2-4-9(5-8)14(21)20-16(24)19-12-7-10(15(22)23)6-11(17)13(12)18/h2-7H,1H3,(H,22,23)(H2,19,20,21,24). The van der Waals surface area contributed by atoms with E-state index in [-0.39, 0.29) is 26.4 Å². The molecule has 5 nitrogen and oxygen atoms in total. The van der Waals surface area contributed by atoms with Gasteiger partial charge in [0.15, 0.2) is 5.11 Å². The summed E-state index contributed by atoms with van der Waals surface area (Å²) in [6.07, 6.45) is 0. The average molecular weight is 383 g/mol.